The van der Waals surface area contributed by atoms with Crippen LogP contribution in [0.5, 0.6) is 11.5 Å². The van der Waals surface area contributed by atoms with Crippen LogP contribution in [0.1, 0.15) is 17.2 Å². The van der Waals surface area contributed by atoms with Gasteiger partial charge in [0.25, 0.3) is 0 Å². The Morgan fingerprint density at radius 1 is 1.25 bits per heavy atom. The van der Waals surface area contributed by atoms with Crippen LogP contribution in [0.2, 0.25) is 0 Å². The van der Waals surface area contributed by atoms with Gasteiger partial charge in [-0.15, -0.1) is 0 Å². The Bertz CT molecular complexity index is 348. The van der Waals surface area contributed by atoms with E-state index in [0.717, 1.165) is 22.6 Å². The molecule has 0 aromatic heterocycles. The third-order valence-electron chi connectivity index (χ3n) is 2.65. The highest BCUT2D eigenvalue weighted by Gasteiger charge is 2.16. The van der Waals surface area contributed by atoms with Gasteiger partial charge < -0.3 is 19.9 Å². The summed E-state index contributed by atoms with van der Waals surface area (Å²) >= 11 is 0. The predicted octanol–water partition coefficient (Wildman–Crippen LogP) is 1.27. The first-order valence-electron chi connectivity index (χ1n) is 5.18. The minimum absolute atomic E-state index is 0.0130. The van der Waals surface area contributed by atoms with Crippen LogP contribution >= 0.6 is 0 Å². The highest BCUT2D eigenvalue weighted by atomic mass is 16.5. The van der Waals surface area contributed by atoms with Crippen molar-refractivity contribution in [2.24, 2.45) is 0 Å². The van der Waals surface area contributed by atoms with E-state index in [-0.39, 0.29) is 12.6 Å². The fourth-order valence-corrected chi connectivity index (χ4v) is 1.69. The summed E-state index contributed by atoms with van der Waals surface area (Å²) in [6, 6.07) is 3.66. The first-order valence-corrected chi connectivity index (χ1v) is 5.18. The highest BCUT2D eigenvalue weighted by molar-refractivity contribution is 5.47. The van der Waals surface area contributed by atoms with E-state index in [9.17, 15) is 5.11 Å². The van der Waals surface area contributed by atoms with Gasteiger partial charge in [0.15, 0.2) is 0 Å². The van der Waals surface area contributed by atoms with Crippen molar-refractivity contribution in [3.8, 4) is 11.5 Å². The van der Waals surface area contributed by atoms with Crippen LogP contribution in [0.4, 0.5) is 0 Å². The average Bonchev–Trinajstić information content (AvgIpc) is 2.31. The highest BCUT2D eigenvalue weighted by Crippen LogP contribution is 2.32. The van der Waals surface area contributed by atoms with Crippen molar-refractivity contribution in [1.82, 2.24) is 5.32 Å². The number of aliphatic hydroxyl groups excluding tert-OH is 1. The number of methoxy groups -OCH3 is 2. The Balaban J connectivity index is 3.23. The van der Waals surface area contributed by atoms with Crippen LogP contribution < -0.4 is 14.8 Å². The molecule has 0 aliphatic heterocycles. The molecule has 0 radical (unpaired) electrons. The van der Waals surface area contributed by atoms with Gasteiger partial charge in [-0.3, -0.25) is 0 Å². The molecule has 4 nitrogen and oxygen atoms in total. The largest absolute Gasteiger partial charge is 0.496 e. The third-order valence-corrected chi connectivity index (χ3v) is 2.65. The molecule has 1 atom stereocenters. The molecule has 1 unspecified atom stereocenters. The zero-order valence-corrected chi connectivity index (χ0v) is 10.2. The molecule has 90 valence electrons. The van der Waals surface area contributed by atoms with Crippen LogP contribution in [-0.2, 0) is 0 Å². The summed E-state index contributed by atoms with van der Waals surface area (Å²) in [5.74, 6) is 1.55. The summed E-state index contributed by atoms with van der Waals surface area (Å²) < 4.78 is 10.6. The van der Waals surface area contributed by atoms with Gasteiger partial charge in [-0.25, -0.2) is 0 Å². The molecule has 2 N–H and O–H groups in total. The summed E-state index contributed by atoms with van der Waals surface area (Å²) in [4.78, 5) is 0. The summed E-state index contributed by atoms with van der Waals surface area (Å²) in [7, 11) is 5.05. The Morgan fingerprint density at radius 3 is 2.31 bits per heavy atom. The van der Waals surface area contributed by atoms with Gasteiger partial charge in [0.05, 0.1) is 26.9 Å². The van der Waals surface area contributed by atoms with Gasteiger partial charge in [-0.05, 0) is 31.7 Å². The van der Waals surface area contributed by atoms with E-state index >= 15 is 0 Å². The van der Waals surface area contributed by atoms with Gasteiger partial charge in [0, 0.05) is 5.56 Å². The zero-order valence-electron chi connectivity index (χ0n) is 10.2. The van der Waals surface area contributed by atoms with Gasteiger partial charge >= 0.3 is 0 Å². The SMILES string of the molecule is CNC(CO)c1cc(OC)c(C)cc1OC. The molecule has 0 aliphatic carbocycles. The summed E-state index contributed by atoms with van der Waals surface area (Å²) in [5, 5.41) is 12.3. The molecule has 0 fully saturated rings. The smallest absolute Gasteiger partial charge is 0.124 e. The summed E-state index contributed by atoms with van der Waals surface area (Å²) in [6.07, 6.45) is 0. The molecular formula is C12H19NO3. The topological polar surface area (TPSA) is 50.7 Å². The first kappa shape index (κ1) is 12.8. The molecule has 0 amide bonds. The zero-order chi connectivity index (χ0) is 12.1. The summed E-state index contributed by atoms with van der Waals surface area (Å²) in [6.45, 7) is 1.97. The molecule has 0 heterocycles. The Labute approximate surface area is 96.2 Å². The van der Waals surface area contributed by atoms with E-state index in [0.29, 0.717) is 0 Å². The number of benzene rings is 1. The molecular weight excluding hydrogens is 206 g/mol. The van der Waals surface area contributed by atoms with Crippen molar-refractivity contribution in [2.45, 2.75) is 13.0 Å². The maximum atomic E-state index is 9.27. The Morgan fingerprint density at radius 2 is 1.88 bits per heavy atom. The minimum atomic E-state index is -0.149. The molecule has 0 saturated heterocycles. The molecule has 0 saturated carbocycles. The number of likely N-dealkylation sites (N-methyl/N-ethyl adjacent to an activating group) is 1. The molecule has 1 rings (SSSR count). The van der Waals surface area contributed by atoms with E-state index in [1.165, 1.54) is 0 Å². The van der Waals surface area contributed by atoms with Gasteiger partial charge in [0.1, 0.15) is 11.5 Å². The number of nitrogens with one attached hydrogen (secondary N) is 1. The lowest BCUT2D eigenvalue weighted by Gasteiger charge is -2.19. The molecule has 0 aliphatic rings. The number of aryl methyl sites for hydroxylation is 1. The van der Waals surface area contributed by atoms with E-state index in [1.54, 1.807) is 21.3 Å². The van der Waals surface area contributed by atoms with Crippen LogP contribution in [0.15, 0.2) is 12.1 Å². The van der Waals surface area contributed by atoms with Crippen LogP contribution in [0.3, 0.4) is 0 Å². The van der Waals surface area contributed by atoms with Gasteiger partial charge in [-0.2, -0.15) is 0 Å². The molecule has 16 heavy (non-hydrogen) atoms. The van der Waals surface area contributed by atoms with Crippen LogP contribution in [0.25, 0.3) is 0 Å². The van der Waals surface area contributed by atoms with E-state index < -0.39 is 0 Å². The normalized spacial score (nSPS) is 12.3. The fraction of sp³-hybridized carbons (Fsp3) is 0.500. The lowest BCUT2D eigenvalue weighted by molar-refractivity contribution is 0.247. The van der Waals surface area contributed by atoms with Crippen LogP contribution in [-0.4, -0.2) is 33.0 Å². The monoisotopic (exact) mass is 225 g/mol. The van der Waals surface area contributed by atoms with E-state index in [2.05, 4.69) is 5.32 Å². The first-order chi connectivity index (χ1) is 7.67. The standard InChI is InChI=1S/C12H19NO3/c1-8-5-12(16-4)9(6-11(8)15-3)10(7-14)13-2/h5-6,10,13-14H,7H2,1-4H3. The van der Waals surface area contributed by atoms with Crippen molar-refractivity contribution < 1.29 is 14.6 Å². The van der Waals surface area contributed by atoms with E-state index in [4.69, 9.17) is 9.47 Å². The van der Waals surface area contributed by atoms with Crippen molar-refractivity contribution in [1.29, 1.82) is 0 Å². The number of rotatable bonds is 5. The van der Waals surface area contributed by atoms with Gasteiger partial charge in [0.2, 0.25) is 0 Å². The minimum Gasteiger partial charge on any atom is -0.496 e. The average molecular weight is 225 g/mol. The molecule has 0 bridgehead atoms. The quantitative estimate of drug-likeness (QED) is 0.792. The van der Waals surface area contributed by atoms with Crippen molar-refractivity contribution in [3.63, 3.8) is 0 Å². The number of ether oxygens (including phenoxy) is 2. The van der Waals surface area contributed by atoms with E-state index in [1.807, 2.05) is 19.1 Å². The third kappa shape index (κ3) is 2.46. The molecule has 1 aromatic rings. The fourth-order valence-electron chi connectivity index (χ4n) is 1.69. The predicted molar refractivity (Wildman–Crippen MR) is 63.2 cm³/mol. The lowest BCUT2D eigenvalue weighted by atomic mass is 10.0. The number of aliphatic hydroxyl groups is 1. The molecule has 1 aromatic carbocycles. The second-order valence-electron chi connectivity index (χ2n) is 3.59. The number of hydrogen-bond acceptors (Lipinski definition) is 4. The van der Waals surface area contributed by atoms with Crippen molar-refractivity contribution >= 4 is 0 Å². The van der Waals surface area contributed by atoms with Gasteiger partial charge in [-0.1, -0.05) is 0 Å². The lowest BCUT2D eigenvalue weighted by Crippen LogP contribution is -2.20. The Hall–Kier alpha value is -1.26. The van der Waals surface area contributed by atoms with Crippen molar-refractivity contribution in [3.05, 3.63) is 23.3 Å². The second kappa shape index (κ2) is 5.72. The number of hydrogen-bond donors (Lipinski definition) is 2. The Kier molecular flexibility index (Phi) is 4.58. The van der Waals surface area contributed by atoms with Crippen molar-refractivity contribution in [2.75, 3.05) is 27.9 Å². The molecule has 4 heteroatoms. The maximum Gasteiger partial charge on any atom is 0.124 e. The maximum absolute atomic E-state index is 9.27. The second-order valence-corrected chi connectivity index (χ2v) is 3.59. The summed E-state index contributed by atoms with van der Waals surface area (Å²) in [5.41, 5.74) is 1.91. The van der Waals surface area contributed by atoms with Crippen LogP contribution in [0, 0.1) is 6.92 Å². The molecule has 0 spiro atoms.